The van der Waals surface area contributed by atoms with Crippen LogP contribution in [0.25, 0.3) is 16.9 Å². The lowest BCUT2D eigenvalue weighted by molar-refractivity contribution is 0.602. The van der Waals surface area contributed by atoms with Crippen molar-refractivity contribution in [2.24, 2.45) is 7.05 Å². The third kappa shape index (κ3) is 3.02. The zero-order valence-electron chi connectivity index (χ0n) is 13.1. The van der Waals surface area contributed by atoms with Crippen molar-refractivity contribution in [3.8, 4) is 16.9 Å². The highest BCUT2D eigenvalue weighted by atomic mass is 35.5. The van der Waals surface area contributed by atoms with Gasteiger partial charge in [-0.2, -0.15) is 0 Å². The number of benzene rings is 2. The van der Waals surface area contributed by atoms with E-state index in [0.29, 0.717) is 16.4 Å². The zero-order chi connectivity index (χ0) is 17.5. The molecule has 0 N–H and O–H groups in total. The summed E-state index contributed by atoms with van der Waals surface area (Å²) in [5.74, 6) is 0. The van der Waals surface area contributed by atoms with Crippen LogP contribution in [-0.2, 0) is 16.9 Å². The Bertz CT molecular complexity index is 1050. The molecule has 24 heavy (non-hydrogen) atoms. The summed E-state index contributed by atoms with van der Waals surface area (Å²) in [5, 5.41) is 0.585. The summed E-state index contributed by atoms with van der Waals surface area (Å²) >= 11 is 5.91. The van der Waals surface area contributed by atoms with Gasteiger partial charge >= 0.3 is 5.69 Å². The lowest BCUT2D eigenvalue weighted by atomic mass is 10.1. The van der Waals surface area contributed by atoms with E-state index < -0.39 is 9.84 Å². The van der Waals surface area contributed by atoms with Gasteiger partial charge in [0.25, 0.3) is 0 Å². The quantitative estimate of drug-likeness (QED) is 0.719. The highest BCUT2D eigenvalue weighted by Gasteiger charge is 2.14. The van der Waals surface area contributed by atoms with E-state index in [1.807, 2.05) is 0 Å². The van der Waals surface area contributed by atoms with Gasteiger partial charge in [-0.25, -0.2) is 13.2 Å². The first-order valence-corrected chi connectivity index (χ1v) is 9.39. The summed E-state index contributed by atoms with van der Waals surface area (Å²) in [6, 6.07) is 13.4. The van der Waals surface area contributed by atoms with Crippen LogP contribution < -0.4 is 5.69 Å². The molecule has 0 spiro atoms. The number of nitrogens with zero attached hydrogens (tertiary/aromatic N) is 2. The largest absolute Gasteiger partial charge is 0.332 e. The van der Waals surface area contributed by atoms with Crippen molar-refractivity contribution < 1.29 is 8.42 Å². The molecule has 0 aliphatic carbocycles. The van der Waals surface area contributed by atoms with E-state index in [9.17, 15) is 13.2 Å². The molecule has 0 saturated heterocycles. The van der Waals surface area contributed by atoms with Crippen molar-refractivity contribution in [3.05, 3.63) is 70.2 Å². The molecule has 124 valence electrons. The number of imidazole rings is 1. The SMILES string of the molecule is Cn1cc(-c2ccc(S(C)(=O)=O)cc2)n(-c2ccc(Cl)cc2)c1=O. The Hall–Kier alpha value is -2.31. The molecule has 1 heterocycles. The molecule has 5 nitrogen and oxygen atoms in total. The summed E-state index contributed by atoms with van der Waals surface area (Å²) in [7, 11) is -1.59. The van der Waals surface area contributed by atoms with E-state index in [2.05, 4.69) is 0 Å². The number of aryl methyl sites for hydroxylation is 1. The van der Waals surface area contributed by atoms with Crippen LogP contribution in [0.1, 0.15) is 0 Å². The average Bonchev–Trinajstić information content (AvgIpc) is 2.83. The zero-order valence-corrected chi connectivity index (χ0v) is 14.7. The number of rotatable bonds is 3. The molecule has 2 aromatic carbocycles. The minimum atomic E-state index is -3.26. The molecule has 3 rings (SSSR count). The molecule has 0 atom stereocenters. The molecule has 7 heteroatoms. The van der Waals surface area contributed by atoms with Crippen LogP contribution >= 0.6 is 11.6 Å². The van der Waals surface area contributed by atoms with Crippen molar-refractivity contribution in [2.45, 2.75) is 4.90 Å². The maximum absolute atomic E-state index is 12.5. The van der Waals surface area contributed by atoms with Gasteiger partial charge in [0.2, 0.25) is 0 Å². The monoisotopic (exact) mass is 362 g/mol. The third-order valence-electron chi connectivity index (χ3n) is 3.71. The summed E-state index contributed by atoms with van der Waals surface area (Å²) in [6.07, 6.45) is 2.88. The van der Waals surface area contributed by atoms with Gasteiger partial charge in [-0.3, -0.25) is 4.57 Å². The molecular weight excluding hydrogens is 348 g/mol. The molecule has 3 aromatic rings. The fraction of sp³-hybridized carbons (Fsp3) is 0.118. The maximum Gasteiger partial charge on any atom is 0.332 e. The van der Waals surface area contributed by atoms with Gasteiger partial charge in [0.1, 0.15) is 0 Å². The lowest BCUT2D eigenvalue weighted by Crippen LogP contribution is -2.21. The van der Waals surface area contributed by atoms with Gasteiger partial charge < -0.3 is 4.57 Å². The minimum absolute atomic E-state index is 0.195. The number of sulfone groups is 1. The number of hydrogen-bond acceptors (Lipinski definition) is 3. The fourth-order valence-corrected chi connectivity index (χ4v) is 3.23. The van der Waals surface area contributed by atoms with E-state index in [-0.39, 0.29) is 10.6 Å². The molecule has 0 amide bonds. The van der Waals surface area contributed by atoms with E-state index in [0.717, 1.165) is 11.8 Å². The first-order valence-electron chi connectivity index (χ1n) is 7.12. The summed E-state index contributed by atoms with van der Waals surface area (Å²) in [4.78, 5) is 12.7. The van der Waals surface area contributed by atoms with Gasteiger partial charge in [0.15, 0.2) is 9.84 Å². The van der Waals surface area contributed by atoms with Crippen LogP contribution in [0.4, 0.5) is 0 Å². The smallest absolute Gasteiger partial charge is 0.301 e. The van der Waals surface area contributed by atoms with E-state index in [4.69, 9.17) is 11.6 Å². The van der Waals surface area contributed by atoms with Crippen LogP contribution in [0.2, 0.25) is 5.02 Å². The van der Waals surface area contributed by atoms with Gasteiger partial charge in [0.05, 0.1) is 16.3 Å². The van der Waals surface area contributed by atoms with Gasteiger partial charge in [-0.05, 0) is 36.4 Å². The third-order valence-corrected chi connectivity index (χ3v) is 5.09. The first-order chi connectivity index (χ1) is 11.3. The topological polar surface area (TPSA) is 61.1 Å². The van der Waals surface area contributed by atoms with E-state index in [1.165, 1.54) is 16.7 Å². The molecule has 0 radical (unpaired) electrons. The summed E-state index contributed by atoms with van der Waals surface area (Å²) < 4.78 is 26.2. The Labute approximate surface area is 144 Å². The molecule has 0 fully saturated rings. The predicted octanol–water partition coefficient (Wildman–Crippen LogP) is 2.90. The Kier molecular flexibility index (Phi) is 4.11. The summed E-state index contributed by atoms with van der Waals surface area (Å²) in [5.41, 5.74) is 1.91. The van der Waals surface area contributed by atoms with E-state index in [1.54, 1.807) is 54.2 Å². The van der Waals surface area contributed by atoms with Crippen LogP contribution in [0.5, 0.6) is 0 Å². The van der Waals surface area contributed by atoms with Crippen LogP contribution in [0.15, 0.2) is 64.4 Å². The predicted molar refractivity (Wildman–Crippen MR) is 94.6 cm³/mol. The van der Waals surface area contributed by atoms with Crippen molar-refractivity contribution in [1.82, 2.24) is 9.13 Å². The lowest BCUT2D eigenvalue weighted by Gasteiger charge is -2.08. The van der Waals surface area contributed by atoms with Crippen LogP contribution in [0.3, 0.4) is 0 Å². The van der Waals surface area contributed by atoms with Crippen molar-refractivity contribution in [2.75, 3.05) is 6.26 Å². The molecular formula is C17H15ClN2O3S. The molecule has 0 unspecified atom stereocenters. The van der Waals surface area contributed by atoms with Gasteiger partial charge in [-0.15, -0.1) is 0 Å². The second-order valence-electron chi connectivity index (χ2n) is 5.52. The standard InChI is InChI=1S/C17H15ClN2O3S/c1-19-11-16(12-3-9-15(10-4-12)24(2,22)23)20(17(19)21)14-7-5-13(18)6-8-14/h3-11H,1-2H3. The molecule has 1 aromatic heterocycles. The molecule has 0 aliphatic heterocycles. The number of hydrogen-bond donors (Lipinski definition) is 0. The second-order valence-corrected chi connectivity index (χ2v) is 7.97. The van der Waals surface area contributed by atoms with Crippen LogP contribution in [0, 0.1) is 0 Å². The fourth-order valence-electron chi connectivity index (χ4n) is 2.47. The minimum Gasteiger partial charge on any atom is -0.301 e. The summed E-state index contributed by atoms with van der Waals surface area (Å²) in [6.45, 7) is 0. The highest BCUT2D eigenvalue weighted by molar-refractivity contribution is 7.90. The Morgan fingerprint density at radius 3 is 2.08 bits per heavy atom. The van der Waals surface area contributed by atoms with Crippen molar-refractivity contribution >= 4 is 21.4 Å². The Morgan fingerprint density at radius 2 is 1.54 bits per heavy atom. The number of aromatic nitrogens is 2. The molecule has 0 bridgehead atoms. The number of halogens is 1. The second kappa shape index (κ2) is 5.96. The van der Waals surface area contributed by atoms with Crippen LogP contribution in [-0.4, -0.2) is 23.8 Å². The average molecular weight is 363 g/mol. The first kappa shape index (κ1) is 16.5. The highest BCUT2D eigenvalue weighted by Crippen LogP contribution is 2.24. The van der Waals surface area contributed by atoms with Crippen molar-refractivity contribution in [3.63, 3.8) is 0 Å². The molecule has 0 saturated carbocycles. The van der Waals surface area contributed by atoms with Gasteiger partial charge in [-0.1, -0.05) is 23.7 Å². The Balaban J connectivity index is 2.17. The van der Waals surface area contributed by atoms with Crippen molar-refractivity contribution in [1.29, 1.82) is 0 Å². The van der Waals surface area contributed by atoms with Gasteiger partial charge in [0, 0.05) is 30.1 Å². The normalized spacial score (nSPS) is 11.6. The Morgan fingerprint density at radius 1 is 0.958 bits per heavy atom. The molecule has 0 aliphatic rings. The maximum atomic E-state index is 12.5. The van der Waals surface area contributed by atoms with E-state index >= 15 is 0 Å².